The molecule has 0 fully saturated rings. The molecule has 0 spiro atoms. The lowest BCUT2D eigenvalue weighted by Crippen LogP contribution is -2.20. The van der Waals surface area contributed by atoms with Crippen molar-refractivity contribution >= 4 is 11.5 Å². The van der Waals surface area contributed by atoms with Crippen LogP contribution >= 0.6 is 0 Å². The normalized spacial score (nSPS) is 17.8. The first kappa shape index (κ1) is 12.8. The van der Waals surface area contributed by atoms with Crippen LogP contribution < -0.4 is 5.49 Å². The summed E-state index contributed by atoms with van der Waals surface area (Å²) in [7, 11) is 3.71. The third-order valence-corrected chi connectivity index (χ3v) is 2.54. The molecule has 1 aliphatic carbocycles. The summed E-state index contributed by atoms with van der Waals surface area (Å²) in [4.78, 5) is 13.6. The van der Waals surface area contributed by atoms with Crippen LogP contribution in [-0.2, 0) is 4.79 Å². The number of pyridine rings is 1. The largest absolute Gasteiger partial charge is 0.427 e. The molecule has 0 atom stereocenters. The van der Waals surface area contributed by atoms with Crippen molar-refractivity contribution in [2.75, 3.05) is 14.1 Å². The maximum Gasteiger partial charge on any atom is 0.208 e. The fourth-order valence-electron chi connectivity index (χ4n) is 1.47. The SMILES string of the molecule is CN(C)C1=CC(=O)C(=NN=c2ccccn2O)C=C1. The maximum atomic E-state index is 11.8. The zero-order chi connectivity index (χ0) is 13.8. The zero-order valence-corrected chi connectivity index (χ0v) is 10.7. The van der Waals surface area contributed by atoms with E-state index in [0.717, 1.165) is 10.4 Å². The number of nitrogens with zero attached hydrogens (tertiary/aromatic N) is 4. The second-order valence-corrected chi connectivity index (χ2v) is 4.15. The molecule has 0 saturated heterocycles. The van der Waals surface area contributed by atoms with E-state index < -0.39 is 0 Å². The van der Waals surface area contributed by atoms with Gasteiger partial charge in [-0.2, -0.15) is 4.73 Å². The number of aromatic nitrogens is 1. The molecule has 1 heterocycles. The lowest BCUT2D eigenvalue weighted by molar-refractivity contribution is -0.108. The van der Waals surface area contributed by atoms with Crippen molar-refractivity contribution in [3.05, 3.63) is 53.8 Å². The van der Waals surface area contributed by atoms with Gasteiger partial charge in [-0.3, -0.25) is 4.79 Å². The fraction of sp³-hybridized carbons (Fsp3) is 0.154. The molecular weight excluding hydrogens is 244 g/mol. The molecule has 1 aromatic rings. The van der Waals surface area contributed by atoms with Crippen molar-refractivity contribution in [1.29, 1.82) is 0 Å². The van der Waals surface area contributed by atoms with Gasteiger partial charge < -0.3 is 10.1 Å². The van der Waals surface area contributed by atoms with Gasteiger partial charge in [0.25, 0.3) is 0 Å². The minimum Gasteiger partial charge on any atom is -0.427 e. The molecule has 0 bridgehead atoms. The molecule has 98 valence electrons. The number of hydrogen-bond donors (Lipinski definition) is 1. The van der Waals surface area contributed by atoms with Gasteiger partial charge >= 0.3 is 0 Å². The second kappa shape index (κ2) is 5.34. The average molecular weight is 258 g/mol. The number of hydrogen-bond acceptors (Lipinski definition) is 5. The summed E-state index contributed by atoms with van der Waals surface area (Å²) in [6.45, 7) is 0. The van der Waals surface area contributed by atoms with Crippen molar-refractivity contribution in [3.63, 3.8) is 0 Å². The highest BCUT2D eigenvalue weighted by Gasteiger charge is 2.12. The molecule has 0 amide bonds. The van der Waals surface area contributed by atoms with Gasteiger partial charge in [0.15, 0.2) is 5.49 Å². The zero-order valence-electron chi connectivity index (χ0n) is 10.7. The Morgan fingerprint density at radius 1 is 1.21 bits per heavy atom. The van der Waals surface area contributed by atoms with Crippen molar-refractivity contribution in [2.24, 2.45) is 10.2 Å². The molecule has 1 aliphatic rings. The van der Waals surface area contributed by atoms with Crippen molar-refractivity contribution in [2.45, 2.75) is 0 Å². The molecule has 6 heteroatoms. The van der Waals surface area contributed by atoms with Crippen LogP contribution in [0.5, 0.6) is 0 Å². The Labute approximate surface area is 110 Å². The van der Waals surface area contributed by atoms with E-state index in [-0.39, 0.29) is 17.0 Å². The van der Waals surface area contributed by atoms with Crippen molar-refractivity contribution in [1.82, 2.24) is 9.63 Å². The van der Waals surface area contributed by atoms with Gasteiger partial charge in [-0.1, -0.05) is 6.07 Å². The topological polar surface area (TPSA) is 70.2 Å². The first-order valence-electron chi connectivity index (χ1n) is 5.68. The predicted octanol–water partition coefficient (Wildman–Crippen LogP) is 0.566. The molecule has 2 rings (SSSR count). The number of likely N-dealkylation sites (N-methyl/N-ethyl adjacent to an activating group) is 1. The lowest BCUT2D eigenvalue weighted by atomic mass is 10.1. The summed E-state index contributed by atoms with van der Waals surface area (Å²) < 4.78 is 0.835. The molecule has 19 heavy (non-hydrogen) atoms. The first-order chi connectivity index (χ1) is 9.08. The summed E-state index contributed by atoms with van der Waals surface area (Å²) in [6.07, 6.45) is 6.31. The monoisotopic (exact) mass is 258 g/mol. The van der Waals surface area contributed by atoms with E-state index in [2.05, 4.69) is 10.2 Å². The Bertz CT molecular complexity index is 651. The van der Waals surface area contributed by atoms with E-state index in [1.807, 2.05) is 19.0 Å². The van der Waals surface area contributed by atoms with Crippen LogP contribution in [0.15, 0.2) is 58.5 Å². The first-order valence-corrected chi connectivity index (χ1v) is 5.68. The van der Waals surface area contributed by atoms with Crippen molar-refractivity contribution in [3.8, 4) is 0 Å². The molecule has 0 aromatic carbocycles. The van der Waals surface area contributed by atoms with E-state index in [1.54, 1.807) is 30.4 Å². The number of allylic oxidation sites excluding steroid dienone is 3. The van der Waals surface area contributed by atoms with Crippen LogP contribution in [0.2, 0.25) is 0 Å². The Morgan fingerprint density at radius 2 is 2.00 bits per heavy atom. The third-order valence-electron chi connectivity index (χ3n) is 2.54. The summed E-state index contributed by atoms with van der Waals surface area (Å²) in [6, 6.07) is 4.96. The van der Waals surface area contributed by atoms with Crippen LogP contribution in [0.1, 0.15) is 0 Å². The molecule has 1 aromatic heterocycles. The van der Waals surface area contributed by atoms with Gasteiger partial charge in [0, 0.05) is 32.1 Å². The van der Waals surface area contributed by atoms with E-state index in [1.165, 1.54) is 12.3 Å². The maximum absolute atomic E-state index is 11.8. The molecule has 0 saturated carbocycles. The van der Waals surface area contributed by atoms with E-state index in [4.69, 9.17) is 0 Å². The number of carbonyl (C=O) groups excluding carboxylic acids is 1. The second-order valence-electron chi connectivity index (χ2n) is 4.15. The highest BCUT2D eigenvalue weighted by molar-refractivity contribution is 6.48. The molecule has 0 aliphatic heterocycles. The van der Waals surface area contributed by atoms with Gasteiger partial charge in [0.1, 0.15) is 5.71 Å². The van der Waals surface area contributed by atoms with Gasteiger partial charge in [0.2, 0.25) is 5.78 Å². The fourth-order valence-corrected chi connectivity index (χ4v) is 1.47. The standard InChI is InChI=1S/C13H14N4O2/c1-16(2)10-6-7-11(12(18)9-10)14-15-13-5-3-4-8-17(13)19/h3-9,19H,1-2H3. The quantitative estimate of drug-likeness (QED) is 0.479. The summed E-state index contributed by atoms with van der Waals surface area (Å²) in [5.74, 6) is -0.213. The molecule has 1 N–H and O–H groups in total. The average Bonchev–Trinajstić information content (AvgIpc) is 2.39. The summed E-state index contributed by atoms with van der Waals surface area (Å²) in [5.41, 5.74) is 1.29. The number of rotatable bonds is 2. The summed E-state index contributed by atoms with van der Waals surface area (Å²) in [5, 5.41) is 17.1. The smallest absolute Gasteiger partial charge is 0.208 e. The minimum atomic E-state index is -0.213. The van der Waals surface area contributed by atoms with Crippen LogP contribution in [0.4, 0.5) is 0 Å². The van der Waals surface area contributed by atoms with E-state index in [9.17, 15) is 10.0 Å². The number of carbonyl (C=O) groups is 1. The molecule has 0 unspecified atom stereocenters. The highest BCUT2D eigenvalue weighted by atomic mass is 16.5. The van der Waals surface area contributed by atoms with Crippen LogP contribution in [0, 0.1) is 0 Å². The Morgan fingerprint density at radius 3 is 2.63 bits per heavy atom. The van der Waals surface area contributed by atoms with Crippen LogP contribution in [-0.4, -0.2) is 40.4 Å². The van der Waals surface area contributed by atoms with Gasteiger partial charge in [-0.25, -0.2) is 0 Å². The molecule has 0 radical (unpaired) electrons. The molecular formula is C13H14N4O2. The van der Waals surface area contributed by atoms with E-state index >= 15 is 0 Å². The third kappa shape index (κ3) is 2.98. The lowest BCUT2D eigenvalue weighted by Gasteiger charge is -2.15. The van der Waals surface area contributed by atoms with Crippen molar-refractivity contribution < 1.29 is 10.0 Å². The Balaban J connectivity index is 2.29. The summed E-state index contributed by atoms with van der Waals surface area (Å²) >= 11 is 0. The van der Waals surface area contributed by atoms with Gasteiger partial charge in [-0.05, 0) is 24.3 Å². The molecule has 6 nitrogen and oxygen atoms in total. The van der Waals surface area contributed by atoms with E-state index in [0.29, 0.717) is 0 Å². The van der Waals surface area contributed by atoms with Gasteiger partial charge in [-0.15, -0.1) is 10.2 Å². The van der Waals surface area contributed by atoms with Crippen LogP contribution in [0.25, 0.3) is 0 Å². The minimum absolute atomic E-state index is 0.213. The Kier molecular flexibility index (Phi) is 3.61. The highest BCUT2D eigenvalue weighted by Crippen LogP contribution is 2.07. The van der Waals surface area contributed by atoms with Gasteiger partial charge in [0.05, 0.1) is 0 Å². The Hall–Kier alpha value is -2.63. The van der Waals surface area contributed by atoms with Crippen LogP contribution in [0.3, 0.4) is 0 Å². The number of ketones is 1. The predicted molar refractivity (Wildman–Crippen MR) is 70.5 cm³/mol.